The number of nitrogen functional groups attached to an aromatic ring is 1. The summed E-state index contributed by atoms with van der Waals surface area (Å²) in [6.07, 6.45) is 5.39. The average molecular weight is 269 g/mol. The first-order valence-electron chi connectivity index (χ1n) is 6.48. The molecule has 0 aliphatic carbocycles. The Morgan fingerprint density at radius 1 is 1.50 bits per heavy atom. The van der Waals surface area contributed by atoms with Crippen LogP contribution in [0.5, 0.6) is 0 Å². The van der Waals surface area contributed by atoms with Crippen molar-refractivity contribution in [1.82, 2.24) is 9.88 Å². The van der Waals surface area contributed by atoms with Crippen LogP contribution in [0, 0.1) is 5.92 Å². The third-order valence-corrected chi connectivity index (χ3v) is 3.77. The largest absolute Gasteiger partial charge is 0.396 e. The minimum atomic E-state index is 0.577. The van der Waals surface area contributed by atoms with Gasteiger partial charge in [0, 0.05) is 12.7 Å². The molecule has 0 bridgehead atoms. The minimum Gasteiger partial charge on any atom is -0.396 e. The number of hydrogen-bond acceptors (Lipinski definition) is 4. The van der Waals surface area contributed by atoms with Crippen molar-refractivity contribution in [1.29, 1.82) is 0 Å². The molecule has 2 heterocycles. The van der Waals surface area contributed by atoms with E-state index in [-0.39, 0.29) is 0 Å². The number of piperidine rings is 1. The number of nitrogens with one attached hydrogen (secondary N) is 1. The Bertz CT molecular complexity index is 389. The SMILES string of the molecule is CN1CCC(CCNc2ncc(Cl)cc2N)CC1. The number of halogens is 1. The van der Waals surface area contributed by atoms with Gasteiger partial charge in [0.2, 0.25) is 0 Å². The first-order chi connectivity index (χ1) is 8.65. The molecular weight excluding hydrogens is 248 g/mol. The van der Waals surface area contributed by atoms with Crippen molar-refractivity contribution in [3.8, 4) is 0 Å². The number of rotatable bonds is 4. The molecule has 1 aromatic rings. The van der Waals surface area contributed by atoms with Crippen LogP contribution in [0.2, 0.25) is 5.02 Å². The molecule has 2 rings (SSSR count). The number of aromatic nitrogens is 1. The van der Waals surface area contributed by atoms with Gasteiger partial charge in [0.25, 0.3) is 0 Å². The van der Waals surface area contributed by atoms with E-state index in [1.54, 1.807) is 12.3 Å². The molecule has 0 saturated carbocycles. The molecular formula is C13H21ClN4. The van der Waals surface area contributed by atoms with Gasteiger partial charge < -0.3 is 16.0 Å². The quantitative estimate of drug-likeness (QED) is 0.881. The molecule has 4 nitrogen and oxygen atoms in total. The Morgan fingerprint density at radius 3 is 2.89 bits per heavy atom. The molecule has 0 aromatic carbocycles. The number of likely N-dealkylation sites (tertiary alicyclic amines) is 1. The van der Waals surface area contributed by atoms with Crippen molar-refractivity contribution in [2.75, 3.05) is 37.7 Å². The van der Waals surface area contributed by atoms with E-state index in [1.165, 1.54) is 32.4 Å². The van der Waals surface area contributed by atoms with E-state index in [4.69, 9.17) is 17.3 Å². The van der Waals surface area contributed by atoms with Crippen LogP contribution in [-0.4, -0.2) is 36.6 Å². The van der Waals surface area contributed by atoms with Gasteiger partial charge in [0.15, 0.2) is 0 Å². The van der Waals surface area contributed by atoms with E-state index in [1.807, 2.05) is 0 Å². The maximum Gasteiger partial charge on any atom is 0.149 e. The standard InChI is InChI=1S/C13H21ClN4/c1-18-6-3-10(4-7-18)2-5-16-13-12(15)8-11(14)9-17-13/h8-10H,2-7,15H2,1H3,(H,16,17). The lowest BCUT2D eigenvalue weighted by Crippen LogP contribution is -2.30. The molecule has 100 valence electrons. The molecule has 0 unspecified atom stereocenters. The summed E-state index contributed by atoms with van der Waals surface area (Å²) < 4.78 is 0. The maximum atomic E-state index is 5.84. The number of hydrogen-bond donors (Lipinski definition) is 2. The van der Waals surface area contributed by atoms with E-state index in [0.717, 1.165) is 18.3 Å². The summed E-state index contributed by atoms with van der Waals surface area (Å²) in [7, 11) is 2.19. The Kier molecular flexibility index (Phi) is 4.66. The van der Waals surface area contributed by atoms with Crippen LogP contribution in [0.15, 0.2) is 12.3 Å². The van der Waals surface area contributed by atoms with Crippen molar-refractivity contribution >= 4 is 23.1 Å². The van der Waals surface area contributed by atoms with Gasteiger partial charge in [-0.2, -0.15) is 0 Å². The molecule has 3 N–H and O–H groups in total. The lowest BCUT2D eigenvalue weighted by molar-refractivity contribution is 0.215. The maximum absolute atomic E-state index is 5.84. The fourth-order valence-corrected chi connectivity index (χ4v) is 2.51. The zero-order chi connectivity index (χ0) is 13.0. The highest BCUT2D eigenvalue weighted by Crippen LogP contribution is 2.22. The van der Waals surface area contributed by atoms with Crippen LogP contribution in [0.3, 0.4) is 0 Å². The first kappa shape index (κ1) is 13.4. The van der Waals surface area contributed by atoms with Gasteiger partial charge in [-0.15, -0.1) is 0 Å². The second kappa shape index (κ2) is 6.25. The summed E-state index contributed by atoms with van der Waals surface area (Å²) >= 11 is 5.81. The van der Waals surface area contributed by atoms with Gasteiger partial charge >= 0.3 is 0 Å². The molecule has 0 spiro atoms. The molecule has 1 aromatic heterocycles. The molecule has 0 radical (unpaired) electrons. The number of pyridine rings is 1. The van der Waals surface area contributed by atoms with Crippen molar-refractivity contribution in [2.45, 2.75) is 19.3 Å². The Labute approximate surface area is 114 Å². The minimum absolute atomic E-state index is 0.577. The van der Waals surface area contributed by atoms with Crippen molar-refractivity contribution in [3.05, 3.63) is 17.3 Å². The first-order valence-corrected chi connectivity index (χ1v) is 6.86. The Balaban J connectivity index is 1.75. The summed E-state index contributed by atoms with van der Waals surface area (Å²) in [6.45, 7) is 3.35. The summed E-state index contributed by atoms with van der Waals surface area (Å²) in [6, 6.07) is 1.73. The molecule has 1 aliphatic rings. The molecule has 1 saturated heterocycles. The molecule has 0 amide bonds. The van der Waals surface area contributed by atoms with Gasteiger partial charge in [-0.3, -0.25) is 0 Å². The van der Waals surface area contributed by atoms with Crippen LogP contribution in [0.1, 0.15) is 19.3 Å². The van der Waals surface area contributed by atoms with Crippen LogP contribution < -0.4 is 11.1 Å². The van der Waals surface area contributed by atoms with Gasteiger partial charge in [0.1, 0.15) is 5.82 Å². The molecule has 0 atom stereocenters. The van der Waals surface area contributed by atoms with Crippen molar-refractivity contribution in [2.24, 2.45) is 5.92 Å². The van der Waals surface area contributed by atoms with Gasteiger partial charge in [0.05, 0.1) is 10.7 Å². The normalized spacial score (nSPS) is 17.9. The van der Waals surface area contributed by atoms with Gasteiger partial charge in [-0.25, -0.2) is 4.98 Å². The summed E-state index contributed by atoms with van der Waals surface area (Å²) in [4.78, 5) is 6.59. The van der Waals surface area contributed by atoms with Crippen LogP contribution in [0.4, 0.5) is 11.5 Å². The summed E-state index contributed by atoms with van der Waals surface area (Å²) in [5.41, 5.74) is 6.46. The fraction of sp³-hybridized carbons (Fsp3) is 0.615. The van der Waals surface area contributed by atoms with Crippen LogP contribution in [-0.2, 0) is 0 Å². The van der Waals surface area contributed by atoms with Crippen LogP contribution in [0.25, 0.3) is 0 Å². The highest BCUT2D eigenvalue weighted by Gasteiger charge is 2.16. The lowest BCUT2D eigenvalue weighted by Gasteiger charge is -2.28. The topological polar surface area (TPSA) is 54.2 Å². The number of anilines is 2. The summed E-state index contributed by atoms with van der Waals surface area (Å²) in [5.74, 6) is 1.56. The third-order valence-electron chi connectivity index (χ3n) is 3.57. The zero-order valence-corrected chi connectivity index (χ0v) is 11.6. The third kappa shape index (κ3) is 3.75. The number of nitrogens with two attached hydrogens (primary N) is 1. The van der Waals surface area contributed by atoms with E-state index in [2.05, 4.69) is 22.2 Å². The van der Waals surface area contributed by atoms with Gasteiger partial charge in [-0.05, 0) is 51.4 Å². The monoisotopic (exact) mass is 268 g/mol. The Morgan fingerprint density at radius 2 is 2.22 bits per heavy atom. The predicted molar refractivity (Wildman–Crippen MR) is 77.0 cm³/mol. The summed E-state index contributed by atoms with van der Waals surface area (Å²) in [5, 5.41) is 3.87. The number of nitrogens with zero attached hydrogens (tertiary/aromatic N) is 2. The van der Waals surface area contributed by atoms with E-state index < -0.39 is 0 Å². The van der Waals surface area contributed by atoms with E-state index >= 15 is 0 Å². The van der Waals surface area contributed by atoms with E-state index in [9.17, 15) is 0 Å². The van der Waals surface area contributed by atoms with Crippen LogP contribution >= 0.6 is 11.6 Å². The van der Waals surface area contributed by atoms with E-state index in [0.29, 0.717) is 10.7 Å². The van der Waals surface area contributed by atoms with Crippen molar-refractivity contribution < 1.29 is 0 Å². The highest BCUT2D eigenvalue weighted by molar-refractivity contribution is 6.30. The Hall–Kier alpha value is -1.00. The molecule has 5 heteroatoms. The zero-order valence-electron chi connectivity index (χ0n) is 10.8. The fourth-order valence-electron chi connectivity index (χ4n) is 2.35. The van der Waals surface area contributed by atoms with Gasteiger partial charge in [-0.1, -0.05) is 11.6 Å². The van der Waals surface area contributed by atoms with Crippen molar-refractivity contribution in [3.63, 3.8) is 0 Å². The molecule has 18 heavy (non-hydrogen) atoms. The smallest absolute Gasteiger partial charge is 0.149 e. The predicted octanol–water partition coefficient (Wildman–Crippen LogP) is 2.46. The lowest BCUT2D eigenvalue weighted by atomic mass is 9.94. The second-order valence-electron chi connectivity index (χ2n) is 5.05. The highest BCUT2D eigenvalue weighted by atomic mass is 35.5. The second-order valence-corrected chi connectivity index (χ2v) is 5.49. The molecule has 1 aliphatic heterocycles. The molecule has 1 fully saturated rings. The average Bonchev–Trinajstić information content (AvgIpc) is 2.34.